The zero-order valence-corrected chi connectivity index (χ0v) is 16.0. The molecule has 5 nitrogen and oxygen atoms in total. The molecule has 5 heteroatoms. The molecule has 0 spiro atoms. The molecule has 1 aliphatic heterocycles. The molecule has 1 saturated heterocycles. The molecule has 0 aromatic heterocycles. The number of esters is 1. The second-order valence-corrected chi connectivity index (χ2v) is 8.80. The van der Waals surface area contributed by atoms with Crippen molar-refractivity contribution in [3.63, 3.8) is 0 Å². The van der Waals surface area contributed by atoms with Crippen molar-refractivity contribution in [2.45, 2.75) is 80.4 Å². The topological polar surface area (TPSA) is 75.6 Å². The summed E-state index contributed by atoms with van der Waals surface area (Å²) in [6, 6.07) is -0.575. The van der Waals surface area contributed by atoms with E-state index in [1.54, 1.807) is 0 Å². The van der Waals surface area contributed by atoms with Gasteiger partial charge in [-0.15, -0.1) is 0 Å². The fraction of sp³-hybridized carbons (Fsp3) is 0.889. The Morgan fingerprint density at radius 3 is 2.00 bits per heavy atom. The van der Waals surface area contributed by atoms with Crippen molar-refractivity contribution in [2.24, 2.45) is 16.7 Å². The molecule has 3 atom stereocenters. The van der Waals surface area contributed by atoms with Crippen LogP contribution in [-0.2, 0) is 14.3 Å². The Labute approximate surface area is 141 Å². The molecule has 1 rings (SSSR count). The molecule has 0 bridgehead atoms. The Balaban J connectivity index is 0.000000423. The number of ether oxygens (including phenoxy) is 1. The van der Waals surface area contributed by atoms with Gasteiger partial charge in [-0.2, -0.15) is 0 Å². The van der Waals surface area contributed by atoms with Gasteiger partial charge in [0.1, 0.15) is 12.1 Å². The van der Waals surface area contributed by atoms with Crippen LogP contribution in [0.1, 0.15) is 68.2 Å². The predicted octanol–water partition coefficient (Wildman–Crippen LogP) is 3.47. The third kappa shape index (κ3) is 10.3. The molecule has 0 radical (unpaired) electrons. The average Bonchev–Trinajstić information content (AvgIpc) is 2.73. The fourth-order valence-corrected chi connectivity index (χ4v) is 2.44. The molecular formula is C18H35NO4. The summed E-state index contributed by atoms with van der Waals surface area (Å²) >= 11 is 0. The first-order valence-corrected chi connectivity index (χ1v) is 8.36. The van der Waals surface area contributed by atoms with Crippen LogP contribution in [-0.4, -0.2) is 35.7 Å². The van der Waals surface area contributed by atoms with Crippen LogP contribution in [0.5, 0.6) is 0 Å². The van der Waals surface area contributed by atoms with E-state index >= 15 is 0 Å². The zero-order chi connectivity index (χ0) is 18.4. The minimum Gasteiger partial charge on any atom is -0.480 e. The molecule has 1 aliphatic rings. The van der Waals surface area contributed by atoms with Crippen LogP contribution < -0.4 is 5.32 Å². The van der Waals surface area contributed by atoms with Crippen LogP contribution in [0, 0.1) is 16.7 Å². The smallest absolute Gasteiger partial charge is 0.320 e. The van der Waals surface area contributed by atoms with Gasteiger partial charge in [-0.3, -0.25) is 9.59 Å². The number of rotatable bonds is 3. The molecule has 1 unspecified atom stereocenters. The van der Waals surface area contributed by atoms with Gasteiger partial charge in [0.2, 0.25) is 0 Å². The van der Waals surface area contributed by atoms with Gasteiger partial charge >= 0.3 is 11.9 Å². The first kappa shape index (κ1) is 21.9. The second kappa shape index (κ2) is 8.67. The molecule has 1 heterocycles. The zero-order valence-electron chi connectivity index (χ0n) is 16.0. The summed E-state index contributed by atoms with van der Waals surface area (Å²) in [4.78, 5) is 20.9. The molecule has 0 saturated carbocycles. The lowest BCUT2D eigenvalue weighted by Crippen LogP contribution is -2.29. The van der Waals surface area contributed by atoms with E-state index in [1.807, 2.05) is 0 Å². The first-order valence-electron chi connectivity index (χ1n) is 8.36. The molecule has 0 aromatic rings. The van der Waals surface area contributed by atoms with Gasteiger partial charge in [-0.1, -0.05) is 48.5 Å². The Hall–Kier alpha value is -1.10. The quantitative estimate of drug-likeness (QED) is 0.775. The van der Waals surface area contributed by atoms with Gasteiger partial charge in [-0.05, 0) is 23.2 Å². The maximum absolute atomic E-state index is 10.5. The van der Waals surface area contributed by atoms with E-state index in [0.29, 0.717) is 23.8 Å². The van der Waals surface area contributed by atoms with Crippen LogP contribution in [0.3, 0.4) is 0 Å². The van der Waals surface area contributed by atoms with Crippen molar-refractivity contribution in [2.75, 3.05) is 6.54 Å². The van der Waals surface area contributed by atoms with E-state index in [4.69, 9.17) is 9.84 Å². The molecule has 2 N–H and O–H groups in total. The van der Waals surface area contributed by atoms with Crippen LogP contribution >= 0.6 is 0 Å². The predicted molar refractivity (Wildman–Crippen MR) is 92.3 cm³/mol. The van der Waals surface area contributed by atoms with Gasteiger partial charge in [-0.25, -0.2) is 0 Å². The van der Waals surface area contributed by atoms with E-state index < -0.39 is 12.0 Å². The number of carbonyl (C=O) groups is 2. The van der Waals surface area contributed by atoms with Crippen LogP contribution in [0.15, 0.2) is 0 Å². The van der Waals surface area contributed by atoms with Crippen molar-refractivity contribution in [1.82, 2.24) is 5.32 Å². The molecule has 0 aliphatic carbocycles. The number of carboxylic acid groups (broad SMARTS) is 1. The second-order valence-electron chi connectivity index (χ2n) is 8.80. The number of carboxylic acids is 1. The van der Waals surface area contributed by atoms with Crippen molar-refractivity contribution >= 4 is 11.9 Å². The van der Waals surface area contributed by atoms with Gasteiger partial charge in [0.05, 0.1) is 0 Å². The monoisotopic (exact) mass is 329 g/mol. The van der Waals surface area contributed by atoms with E-state index in [-0.39, 0.29) is 12.1 Å². The molecular weight excluding hydrogens is 294 g/mol. The van der Waals surface area contributed by atoms with E-state index in [9.17, 15) is 9.59 Å². The maximum atomic E-state index is 10.5. The fourth-order valence-electron chi connectivity index (χ4n) is 2.44. The third-order valence-corrected chi connectivity index (χ3v) is 4.12. The standard InChI is InChI=1S/C11H24.C7H11NO4/c1-9(11(5,6)7)8-10(2,3)4;1-4(9)12-5-2-6(7(10)11)8-3-5/h9H,8H2,1-7H3;5-6,8H,2-3H2,1H3,(H,10,11)/t;5-,6+/m.1/s1. The molecule has 1 fully saturated rings. The van der Waals surface area contributed by atoms with Gasteiger partial charge in [0, 0.05) is 19.9 Å². The Bertz CT molecular complexity index is 393. The number of hydrogen-bond donors (Lipinski definition) is 2. The molecule has 23 heavy (non-hydrogen) atoms. The maximum Gasteiger partial charge on any atom is 0.320 e. The van der Waals surface area contributed by atoms with Crippen molar-refractivity contribution in [3.8, 4) is 0 Å². The number of nitrogens with one attached hydrogen (secondary N) is 1. The van der Waals surface area contributed by atoms with Crippen LogP contribution in [0.2, 0.25) is 0 Å². The molecule has 0 amide bonds. The lowest BCUT2D eigenvalue weighted by molar-refractivity contribution is -0.146. The first-order chi connectivity index (χ1) is 10.2. The van der Waals surface area contributed by atoms with Crippen molar-refractivity contribution < 1.29 is 19.4 Å². The molecule has 136 valence electrons. The highest BCUT2D eigenvalue weighted by molar-refractivity contribution is 5.74. The van der Waals surface area contributed by atoms with Gasteiger partial charge < -0.3 is 15.2 Å². The number of aliphatic carboxylic acids is 1. The summed E-state index contributed by atoms with van der Waals surface area (Å²) in [5.74, 6) is -0.458. The SMILES string of the molecule is CC(=O)O[C@H]1CN[C@H](C(=O)O)C1.CC(CC(C)(C)C)C(C)(C)C. The lowest BCUT2D eigenvalue weighted by Gasteiger charge is -2.32. The largest absolute Gasteiger partial charge is 0.480 e. The van der Waals surface area contributed by atoms with E-state index in [0.717, 1.165) is 5.92 Å². The Kier molecular flexibility index (Phi) is 8.25. The summed E-state index contributed by atoms with van der Waals surface area (Å²) in [5.41, 5.74) is 0.944. The van der Waals surface area contributed by atoms with Crippen molar-refractivity contribution in [3.05, 3.63) is 0 Å². The number of carbonyl (C=O) groups excluding carboxylic acids is 1. The summed E-state index contributed by atoms with van der Waals surface area (Å²) in [6.07, 6.45) is 1.38. The normalized spacial score (nSPS) is 22.8. The summed E-state index contributed by atoms with van der Waals surface area (Å²) < 4.78 is 4.83. The lowest BCUT2D eigenvalue weighted by atomic mass is 9.73. The Morgan fingerprint density at radius 2 is 1.74 bits per heavy atom. The number of hydrogen-bond acceptors (Lipinski definition) is 4. The van der Waals surface area contributed by atoms with Gasteiger partial charge in [0.15, 0.2) is 0 Å². The Morgan fingerprint density at radius 1 is 1.22 bits per heavy atom. The minimum absolute atomic E-state index is 0.288. The van der Waals surface area contributed by atoms with Crippen molar-refractivity contribution in [1.29, 1.82) is 0 Å². The minimum atomic E-state index is -0.898. The van der Waals surface area contributed by atoms with Gasteiger partial charge in [0.25, 0.3) is 0 Å². The summed E-state index contributed by atoms with van der Waals surface area (Å²) in [7, 11) is 0. The van der Waals surface area contributed by atoms with E-state index in [2.05, 4.69) is 53.8 Å². The highest BCUT2D eigenvalue weighted by Crippen LogP contribution is 2.35. The highest BCUT2D eigenvalue weighted by atomic mass is 16.5. The van der Waals surface area contributed by atoms with Crippen LogP contribution in [0.25, 0.3) is 0 Å². The summed E-state index contributed by atoms with van der Waals surface area (Å²) in [5, 5.41) is 11.3. The average molecular weight is 329 g/mol. The third-order valence-electron chi connectivity index (χ3n) is 4.12. The van der Waals surface area contributed by atoms with E-state index in [1.165, 1.54) is 13.3 Å². The molecule has 0 aromatic carbocycles. The highest BCUT2D eigenvalue weighted by Gasteiger charge is 2.30. The summed E-state index contributed by atoms with van der Waals surface area (Å²) in [6.45, 7) is 18.0. The van der Waals surface area contributed by atoms with Crippen LogP contribution in [0.4, 0.5) is 0 Å².